The first-order valence-corrected chi connectivity index (χ1v) is 6.76. The molecule has 1 N–H and O–H groups in total. The van der Waals surface area contributed by atoms with Gasteiger partial charge in [-0.15, -0.1) is 11.6 Å². The van der Waals surface area contributed by atoms with E-state index in [9.17, 15) is 13.6 Å². The molecule has 1 unspecified atom stereocenters. The lowest BCUT2D eigenvalue weighted by molar-refractivity contribution is -0.121. The van der Waals surface area contributed by atoms with Gasteiger partial charge in [-0.1, -0.05) is 19.9 Å². The number of alkyl halides is 1. The summed E-state index contributed by atoms with van der Waals surface area (Å²) >= 11 is 5.68. The molecule has 5 heteroatoms. The highest BCUT2D eigenvalue weighted by molar-refractivity contribution is 6.17. The van der Waals surface area contributed by atoms with Crippen LogP contribution in [0.4, 0.5) is 8.78 Å². The van der Waals surface area contributed by atoms with Gasteiger partial charge < -0.3 is 5.32 Å². The van der Waals surface area contributed by atoms with Gasteiger partial charge in [-0.25, -0.2) is 8.78 Å². The molecule has 0 saturated heterocycles. The fraction of sp³-hybridized carbons (Fsp3) is 0.500. The molecule has 0 aliphatic heterocycles. The van der Waals surface area contributed by atoms with Gasteiger partial charge in [0.1, 0.15) is 0 Å². The number of halogens is 3. The molecule has 0 aliphatic carbocycles. The van der Waals surface area contributed by atoms with E-state index >= 15 is 0 Å². The minimum Gasteiger partial charge on any atom is -0.353 e. The smallest absolute Gasteiger partial charge is 0.224 e. The zero-order valence-electron chi connectivity index (χ0n) is 11.1. The van der Waals surface area contributed by atoms with Crippen LogP contribution in [0.25, 0.3) is 0 Å². The molecule has 19 heavy (non-hydrogen) atoms. The molecule has 0 spiro atoms. The maximum atomic E-state index is 13.0. The Balaban J connectivity index is 2.61. The molecule has 0 saturated carbocycles. The third-order valence-corrected chi connectivity index (χ3v) is 3.14. The van der Waals surface area contributed by atoms with E-state index in [1.807, 2.05) is 13.8 Å². The highest BCUT2D eigenvalue weighted by atomic mass is 35.5. The Bertz CT molecular complexity index is 437. The van der Waals surface area contributed by atoms with Crippen molar-refractivity contribution in [1.29, 1.82) is 0 Å². The van der Waals surface area contributed by atoms with E-state index < -0.39 is 11.6 Å². The first kappa shape index (κ1) is 15.9. The summed E-state index contributed by atoms with van der Waals surface area (Å²) in [7, 11) is 0. The number of carbonyl (C=O) groups is 1. The van der Waals surface area contributed by atoms with Crippen LogP contribution in [-0.2, 0) is 11.2 Å². The molecule has 0 aromatic heterocycles. The van der Waals surface area contributed by atoms with Crippen LogP contribution in [0, 0.1) is 17.6 Å². The molecule has 0 heterocycles. The normalized spacial score (nSPS) is 12.5. The minimum absolute atomic E-state index is 0.00436. The number of nitrogens with one attached hydrogen (secondary N) is 1. The largest absolute Gasteiger partial charge is 0.353 e. The number of hydrogen-bond acceptors (Lipinski definition) is 1. The fourth-order valence-corrected chi connectivity index (χ4v) is 2.02. The summed E-state index contributed by atoms with van der Waals surface area (Å²) in [6, 6.07) is 3.47. The van der Waals surface area contributed by atoms with Gasteiger partial charge in [0.05, 0.1) is 6.42 Å². The first-order valence-electron chi connectivity index (χ1n) is 6.23. The van der Waals surface area contributed by atoms with Gasteiger partial charge in [0.15, 0.2) is 11.6 Å². The standard InChI is InChI=1S/C14H18ClF2NO/c1-9(2)13(5-6-15)18-14(19)8-10-3-4-11(16)12(17)7-10/h3-4,7,9,13H,5-6,8H2,1-2H3,(H,18,19). The van der Waals surface area contributed by atoms with Gasteiger partial charge in [-0.2, -0.15) is 0 Å². The van der Waals surface area contributed by atoms with E-state index in [1.165, 1.54) is 6.07 Å². The Morgan fingerprint density at radius 2 is 2.00 bits per heavy atom. The van der Waals surface area contributed by atoms with Crippen LogP contribution in [0.15, 0.2) is 18.2 Å². The first-order chi connectivity index (χ1) is 8.93. The van der Waals surface area contributed by atoms with Crippen molar-refractivity contribution in [1.82, 2.24) is 5.32 Å². The monoisotopic (exact) mass is 289 g/mol. The van der Waals surface area contributed by atoms with Gasteiger partial charge in [-0.05, 0) is 30.0 Å². The third-order valence-electron chi connectivity index (χ3n) is 2.92. The second kappa shape index (κ2) is 7.43. The van der Waals surface area contributed by atoms with E-state index in [0.717, 1.165) is 12.1 Å². The highest BCUT2D eigenvalue weighted by Gasteiger charge is 2.16. The molecule has 0 aliphatic rings. The zero-order chi connectivity index (χ0) is 14.4. The molecule has 2 nitrogen and oxygen atoms in total. The molecule has 1 aromatic rings. The maximum absolute atomic E-state index is 13.0. The van der Waals surface area contributed by atoms with E-state index in [1.54, 1.807) is 0 Å². The van der Waals surface area contributed by atoms with Crippen LogP contribution >= 0.6 is 11.6 Å². The quantitative estimate of drug-likeness (QED) is 0.800. The predicted octanol–water partition coefficient (Wildman–Crippen LogP) is 3.28. The second-order valence-corrected chi connectivity index (χ2v) is 5.20. The second-order valence-electron chi connectivity index (χ2n) is 4.82. The lowest BCUT2D eigenvalue weighted by atomic mass is 10.0. The number of benzene rings is 1. The average molecular weight is 290 g/mol. The zero-order valence-corrected chi connectivity index (χ0v) is 11.8. The van der Waals surface area contributed by atoms with Gasteiger partial charge in [0, 0.05) is 11.9 Å². The van der Waals surface area contributed by atoms with E-state index in [-0.39, 0.29) is 24.3 Å². The summed E-state index contributed by atoms with van der Waals surface area (Å²) in [6.45, 7) is 3.99. The van der Waals surface area contributed by atoms with Gasteiger partial charge in [0.2, 0.25) is 5.91 Å². The van der Waals surface area contributed by atoms with Gasteiger partial charge >= 0.3 is 0 Å². The fourth-order valence-electron chi connectivity index (χ4n) is 1.78. The van der Waals surface area contributed by atoms with Crippen LogP contribution in [0.3, 0.4) is 0 Å². The van der Waals surface area contributed by atoms with E-state index in [4.69, 9.17) is 11.6 Å². The maximum Gasteiger partial charge on any atom is 0.224 e. The Hall–Kier alpha value is -1.16. The Kier molecular flexibility index (Phi) is 6.22. The van der Waals surface area contributed by atoms with Crippen LogP contribution in [-0.4, -0.2) is 17.8 Å². The lowest BCUT2D eigenvalue weighted by Crippen LogP contribution is -2.39. The summed E-state index contributed by atoms with van der Waals surface area (Å²) in [5, 5.41) is 2.86. The average Bonchev–Trinajstić information content (AvgIpc) is 2.33. The van der Waals surface area contributed by atoms with E-state index in [2.05, 4.69) is 5.32 Å². The van der Waals surface area contributed by atoms with Crippen molar-refractivity contribution in [3.05, 3.63) is 35.4 Å². The molecule has 1 aromatic carbocycles. The molecular formula is C14H18ClF2NO. The predicted molar refractivity (Wildman–Crippen MR) is 72.2 cm³/mol. The third kappa shape index (κ3) is 5.15. The lowest BCUT2D eigenvalue weighted by Gasteiger charge is -2.21. The minimum atomic E-state index is -0.938. The molecule has 0 fully saturated rings. The SMILES string of the molecule is CC(C)C(CCCl)NC(=O)Cc1ccc(F)c(F)c1. The van der Waals surface area contributed by atoms with Crippen molar-refractivity contribution in [2.24, 2.45) is 5.92 Å². The van der Waals surface area contributed by atoms with Gasteiger partial charge in [0.25, 0.3) is 0 Å². The Labute approximate surface area is 117 Å². The number of hydrogen-bond donors (Lipinski definition) is 1. The molecule has 0 bridgehead atoms. The summed E-state index contributed by atoms with van der Waals surface area (Å²) in [5.41, 5.74) is 0.449. The summed E-state index contributed by atoms with van der Waals surface area (Å²) in [5.74, 6) is -1.32. The van der Waals surface area contributed by atoms with Crippen molar-refractivity contribution >= 4 is 17.5 Å². The van der Waals surface area contributed by atoms with Crippen molar-refractivity contribution in [3.63, 3.8) is 0 Å². The van der Waals surface area contributed by atoms with Crippen molar-refractivity contribution in [2.45, 2.75) is 32.7 Å². The topological polar surface area (TPSA) is 29.1 Å². The number of carbonyl (C=O) groups excluding carboxylic acids is 1. The van der Waals surface area contributed by atoms with Crippen LogP contribution in [0.1, 0.15) is 25.8 Å². The number of rotatable bonds is 6. The Morgan fingerprint density at radius 1 is 1.32 bits per heavy atom. The summed E-state index contributed by atoms with van der Waals surface area (Å²) in [6.07, 6.45) is 0.714. The molecule has 1 rings (SSSR count). The van der Waals surface area contributed by atoms with Crippen molar-refractivity contribution in [3.8, 4) is 0 Å². The van der Waals surface area contributed by atoms with Crippen LogP contribution < -0.4 is 5.32 Å². The van der Waals surface area contributed by atoms with Crippen molar-refractivity contribution < 1.29 is 13.6 Å². The summed E-state index contributed by atoms with van der Waals surface area (Å²) < 4.78 is 25.8. The molecule has 1 atom stereocenters. The molecule has 1 amide bonds. The van der Waals surface area contributed by atoms with Crippen LogP contribution in [0.2, 0.25) is 0 Å². The molecule has 0 radical (unpaired) electrons. The summed E-state index contributed by atoms with van der Waals surface area (Å²) in [4.78, 5) is 11.8. The van der Waals surface area contributed by atoms with Crippen molar-refractivity contribution in [2.75, 3.05) is 5.88 Å². The highest BCUT2D eigenvalue weighted by Crippen LogP contribution is 2.11. The number of amides is 1. The van der Waals surface area contributed by atoms with Gasteiger partial charge in [-0.3, -0.25) is 4.79 Å². The van der Waals surface area contributed by atoms with E-state index in [0.29, 0.717) is 17.9 Å². The Morgan fingerprint density at radius 3 is 2.53 bits per heavy atom. The molecular weight excluding hydrogens is 272 g/mol. The molecule has 106 valence electrons. The van der Waals surface area contributed by atoms with Crippen LogP contribution in [0.5, 0.6) is 0 Å².